The van der Waals surface area contributed by atoms with Gasteiger partial charge in [-0.1, -0.05) is 12.1 Å². The van der Waals surface area contributed by atoms with E-state index in [1.54, 1.807) is 7.11 Å². The van der Waals surface area contributed by atoms with Gasteiger partial charge in [-0.05, 0) is 73.5 Å². The van der Waals surface area contributed by atoms with Crippen LogP contribution in [0.4, 0.5) is 0 Å². The van der Waals surface area contributed by atoms with E-state index in [4.69, 9.17) is 4.74 Å². The lowest BCUT2D eigenvalue weighted by atomic mass is 9.97. The van der Waals surface area contributed by atoms with Crippen LogP contribution in [0.3, 0.4) is 0 Å². The van der Waals surface area contributed by atoms with Crippen molar-refractivity contribution in [3.8, 4) is 5.75 Å². The zero-order valence-corrected chi connectivity index (χ0v) is 12.4. The largest absolute Gasteiger partial charge is 0.497 e. The molecule has 2 heteroatoms. The molecule has 3 fully saturated rings. The molecule has 0 amide bonds. The van der Waals surface area contributed by atoms with E-state index < -0.39 is 0 Å². The standard InChI is InChI=1S/C18H25NO/c1-20-16-8-4-14(5-9-16)17(13-2-3-13)19-12-18(10-11-18)15-6-7-15/h4-5,8-9,13,15,17,19H,2-3,6-7,10-12H2,1H3. The Labute approximate surface area is 121 Å². The average Bonchev–Trinajstić information content (AvgIpc) is 3.32. The zero-order valence-electron chi connectivity index (χ0n) is 12.4. The van der Waals surface area contributed by atoms with Crippen LogP contribution >= 0.6 is 0 Å². The topological polar surface area (TPSA) is 21.3 Å². The number of methoxy groups -OCH3 is 1. The van der Waals surface area contributed by atoms with Gasteiger partial charge in [0.2, 0.25) is 0 Å². The first kappa shape index (κ1) is 12.7. The predicted octanol–water partition coefficient (Wildman–Crippen LogP) is 3.93. The van der Waals surface area contributed by atoms with E-state index in [1.165, 1.54) is 50.6 Å². The average molecular weight is 271 g/mol. The molecule has 2 nitrogen and oxygen atoms in total. The first-order valence-electron chi connectivity index (χ1n) is 8.18. The van der Waals surface area contributed by atoms with Crippen LogP contribution in [-0.2, 0) is 0 Å². The van der Waals surface area contributed by atoms with Crippen molar-refractivity contribution in [3.63, 3.8) is 0 Å². The molecule has 3 aliphatic rings. The van der Waals surface area contributed by atoms with Gasteiger partial charge in [-0.3, -0.25) is 0 Å². The number of hydrogen-bond donors (Lipinski definition) is 1. The van der Waals surface area contributed by atoms with Gasteiger partial charge in [0.25, 0.3) is 0 Å². The van der Waals surface area contributed by atoms with Gasteiger partial charge in [-0.25, -0.2) is 0 Å². The number of rotatable bonds is 7. The summed E-state index contributed by atoms with van der Waals surface area (Å²) < 4.78 is 5.27. The Kier molecular flexibility index (Phi) is 3.03. The molecule has 1 aromatic carbocycles. The third kappa shape index (κ3) is 2.46. The molecule has 3 saturated carbocycles. The maximum Gasteiger partial charge on any atom is 0.118 e. The van der Waals surface area contributed by atoms with Crippen LogP contribution in [0.15, 0.2) is 24.3 Å². The van der Waals surface area contributed by atoms with Crippen molar-refractivity contribution in [2.45, 2.75) is 44.6 Å². The monoisotopic (exact) mass is 271 g/mol. The van der Waals surface area contributed by atoms with Crippen molar-refractivity contribution in [3.05, 3.63) is 29.8 Å². The molecule has 0 bridgehead atoms. The van der Waals surface area contributed by atoms with E-state index in [2.05, 4.69) is 29.6 Å². The van der Waals surface area contributed by atoms with E-state index >= 15 is 0 Å². The van der Waals surface area contributed by atoms with Gasteiger partial charge in [0.15, 0.2) is 0 Å². The molecule has 20 heavy (non-hydrogen) atoms. The molecule has 0 spiro atoms. The summed E-state index contributed by atoms with van der Waals surface area (Å²) in [5, 5.41) is 3.92. The minimum atomic E-state index is 0.567. The molecule has 0 aromatic heterocycles. The highest BCUT2D eigenvalue weighted by atomic mass is 16.5. The summed E-state index contributed by atoms with van der Waals surface area (Å²) in [6.45, 7) is 1.24. The van der Waals surface area contributed by atoms with Gasteiger partial charge in [0.05, 0.1) is 7.11 Å². The van der Waals surface area contributed by atoms with Crippen LogP contribution < -0.4 is 10.1 Å². The Morgan fingerprint density at radius 2 is 1.85 bits per heavy atom. The van der Waals surface area contributed by atoms with E-state index in [-0.39, 0.29) is 0 Å². The Balaban J connectivity index is 1.43. The lowest BCUT2D eigenvalue weighted by Crippen LogP contribution is -2.30. The van der Waals surface area contributed by atoms with Crippen molar-refractivity contribution in [2.75, 3.05) is 13.7 Å². The second-order valence-electron chi connectivity index (χ2n) is 7.11. The van der Waals surface area contributed by atoms with Gasteiger partial charge in [-0.2, -0.15) is 0 Å². The van der Waals surface area contributed by atoms with Gasteiger partial charge >= 0.3 is 0 Å². The maximum absolute atomic E-state index is 5.27. The maximum atomic E-state index is 5.27. The van der Waals surface area contributed by atoms with Crippen LogP contribution in [-0.4, -0.2) is 13.7 Å². The van der Waals surface area contributed by atoms with Gasteiger partial charge < -0.3 is 10.1 Å². The first-order chi connectivity index (χ1) is 9.81. The minimum absolute atomic E-state index is 0.567. The normalized spacial score (nSPS) is 25.2. The molecule has 1 aromatic rings. The van der Waals surface area contributed by atoms with Gasteiger partial charge in [-0.15, -0.1) is 0 Å². The number of benzene rings is 1. The summed E-state index contributed by atoms with van der Waals surface area (Å²) in [6.07, 6.45) is 8.67. The molecule has 0 heterocycles. The Hall–Kier alpha value is -1.02. The SMILES string of the molecule is COc1ccc(C(NCC2(C3CC3)CC2)C2CC2)cc1. The van der Waals surface area contributed by atoms with Crippen molar-refractivity contribution in [1.29, 1.82) is 0 Å². The molecule has 0 radical (unpaired) electrons. The summed E-state index contributed by atoms with van der Waals surface area (Å²) in [6, 6.07) is 9.24. The molecule has 0 saturated heterocycles. The third-order valence-corrected chi connectivity index (χ3v) is 5.58. The lowest BCUT2D eigenvalue weighted by molar-refractivity contribution is 0.358. The summed E-state index contributed by atoms with van der Waals surface area (Å²) in [5.41, 5.74) is 2.14. The predicted molar refractivity (Wildman–Crippen MR) is 80.9 cm³/mol. The van der Waals surface area contributed by atoms with Crippen LogP contribution in [0.25, 0.3) is 0 Å². The highest BCUT2D eigenvalue weighted by molar-refractivity contribution is 5.30. The number of nitrogens with one attached hydrogen (secondary N) is 1. The van der Waals surface area contributed by atoms with Gasteiger partial charge in [0.1, 0.15) is 5.75 Å². The summed E-state index contributed by atoms with van der Waals surface area (Å²) in [4.78, 5) is 0. The first-order valence-corrected chi connectivity index (χ1v) is 8.18. The second kappa shape index (κ2) is 4.77. The molecule has 1 N–H and O–H groups in total. The van der Waals surface area contributed by atoms with Crippen LogP contribution in [0.2, 0.25) is 0 Å². The third-order valence-electron chi connectivity index (χ3n) is 5.58. The fourth-order valence-corrected chi connectivity index (χ4v) is 3.70. The Morgan fingerprint density at radius 1 is 1.15 bits per heavy atom. The van der Waals surface area contributed by atoms with Crippen LogP contribution in [0, 0.1) is 17.3 Å². The van der Waals surface area contributed by atoms with E-state index in [1.807, 2.05) is 0 Å². The van der Waals surface area contributed by atoms with E-state index in [0.717, 1.165) is 17.6 Å². The molecule has 0 aliphatic heterocycles. The number of hydrogen-bond acceptors (Lipinski definition) is 2. The molecular formula is C18H25NO. The summed E-state index contributed by atoms with van der Waals surface area (Å²) in [5.74, 6) is 2.86. The fraction of sp³-hybridized carbons (Fsp3) is 0.667. The highest BCUT2D eigenvalue weighted by Crippen LogP contribution is 2.61. The Bertz CT molecular complexity index is 469. The highest BCUT2D eigenvalue weighted by Gasteiger charge is 2.53. The molecule has 4 rings (SSSR count). The second-order valence-corrected chi connectivity index (χ2v) is 7.11. The summed E-state index contributed by atoms with van der Waals surface area (Å²) >= 11 is 0. The quantitative estimate of drug-likeness (QED) is 0.811. The molecule has 3 aliphatic carbocycles. The molecule has 108 valence electrons. The lowest BCUT2D eigenvalue weighted by Gasteiger charge is -2.23. The number of ether oxygens (including phenoxy) is 1. The van der Waals surface area contributed by atoms with Crippen molar-refractivity contribution in [1.82, 2.24) is 5.32 Å². The van der Waals surface area contributed by atoms with E-state index in [9.17, 15) is 0 Å². The smallest absolute Gasteiger partial charge is 0.118 e. The minimum Gasteiger partial charge on any atom is -0.497 e. The Morgan fingerprint density at radius 3 is 2.35 bits per heavy atom. The fourth-order valence-electron chi connectivity index (χ4n) is 3.70. The summed E-state index contributed by atoms with van der Waals surface area (Å²) in [7, 11) is 1.73. The molecule has 1 atom stereocenters. The van der Waals surface area contributed by atoms with Crippen LogP contribution in [0.5, 0.6) is 5.75 Å². The van der Waals surface area contributed by atoms with E-state index in [0.29, 0.717) is 11.5 Å². The molecule has 1 unspecified atom stereocenters. The van der Waals surface area contributed by atoms with Crippen LogP contribution in [0.1, 0.15) is 50.1 Å². The van der Waals surface area contributed by atoms with Crippen molar-refractivity contribution in [2.24, 2.45) is 17.3 Å². The van der Waals surface area contributed by atoms with Crippen molar-refractivity contribution >= 4 is 0 Å². The van der Waals surface area contributed by atoms with Gasteiger partial charge in [0, 0.05) is 12.6 Å². The zero-order chi connectivity index (χ0) is 13.6. The molecular weight excluding hydrogens is 246 g/mol. The van der Waals surface area contributed by atoms with Crippen molar-refractivity contribution < 1.29 is 4.74 Å².